The Morgan fingerprint density at radius 3 is 2.17 bits per heavy atom. The Balaban J connectivity index is 1.87. The summed E-state index contributed by atoms with van der Waals surface area (Å²) < 4.78 is 21.1. The summed E-state index contributed by atoms with van der Waals surface area (Å²) in [5.41, 5.74) is 4.03. The van der Waals surface area contributed by atoms with Crippen molar-refractivity contribution in [2.75, 3.05) is 28.4 Å². The molecule has 0 atom stereocenters. The van der Waals surface area contributed by atoms with Crippen LogP contribution in [0.1, 0.15) is 21.5 Å². The molecule has 0 spiro atoms. The van der Waals surface area contributed by atoms with E-state index < -0.39 is 11.8 Å². The van der Waals surface area contributed by atoms with Crippen molar-refractivity contribution in [1.29, 1.82) is 0 Å². The first-order chi connectivity index (χ1) is 17.5. The Morgan fingerprint density at radius 1 is 0.778 bits per heavy atom. The summed E-state index contributed by atoms with van der Waals surface area (Å²) in [4.78, 5) is 25.8. The van der Waals surface area contributed by atoms with Crippen LogP contribution in [-0.2, 0) is 4.79 Å². The number of amides is 2. The van der Waals surface area contributed by atoms with Crippen LogP contribution in [0.15, 0.2) is 77.5 Å². The SMILES string of the molecule is COc1ccc(/C=C(/NC(=O)c2ccccc2)C(=O)N/N=C\c2ccc(OC)c(OC)c2)c(OC)c1. The summed E-state index contributed by atoms with van der Waals surface area (Å²) in [5.74, 6) is 1.06. The lowest BCUT2D eigenvalue weighted by Crippen LogP contribution is -2.32. The monoisotopic (exact) mass is 489 g/mol. The highest BCUT2D eigenvalue weighted by Crippen LogP contribution is 2.27. The first kappa shape index (κ1) is 25.8. The van der Waals surface area contributed by atoms with E-state index in [1.165, 1.54) is 26.5 Å². The van der Waals surface area contributed by atoms with Crippen LogP contribution in [0, 0.1) is 0 Å². The summed E-state index contributed by atoms with van der Waals surface area (Å²) in [5, 5.41) is 6.68. The highest BCUT2D eigenvalue weighted by molar-refractivity contribution is 6.05. The van der Waals surface area contributed by atoms with E-state index in [1.807, 2.05) is 0 Å². The first-order valence-corrected chi connectivity index (χ1v) is 10.8. The largest absolute Gasteiger partial charge is 0.497 e. The van der Waals surface area contributed by atoms with Gasteiger partial charge in [0.25, 0.3) is 11.8 Å². The van der Waals surface area contributed by atoms with Crippen molar-refractivity contribution in [2.24, 2.45) is 5.10 Å². The number of nitrogens with one attached hydrogen (secondary N) is 2. The molecule has 2 amide bonds. The Kier molecular flexibility index (Phi) is 9.05. The molecule has 0 fully saturated rings. The molecular weight excluding hydrogens is 462 g/mol. The molecular formula is C27H27N3O6. The fourth-order valence-corrected chi connectivity index (χ4v) is 3.19. The molecule has 0 bridgehead atoms. The number of hydrazone groups is 1. The minimum atomic E-state index is -0.631. The van der Waals surface area contributed by atoms with Gasteiger partial charge in [-0.15, -0.1) is 0 Å². The Morgan fingerprint density at radius 2 is 1.50 bits per heavy atom. The fourth-order valence-electron chi connectivity index (χ4n) is 3.19. The highest BCUT2D eigenvalue weighted by atomic mass is 16.5. The van der Waals surface area contributed by atoms with Gasteiger partial charge in [0.1, 0.15) is 17.2 Å². The van der Waals surface area contributed by atoms with Crippen molar-refractivity contribution in [3.8, 4) is 23.0 Å². The van der Waals surface area contributed by atoms with E-state index in [-0.39, 0.29) is 5.70 Å². The van der Waals surface area contributed by atoms with Gasteiger partial charge >= 0.3 is 0 Å². The lowest BCUT2D eigenvalue weighted by Gasteiger charge is -2.12. The minimum absolute atomic E-state index is 0.0308. The predicted molar refractivity (Wildman–Crippen MR) is 137 cm³/mol. The van der Waals surface area contributed by atoms with E-state index in [9.17, 15) is 9.59 Å². The van der Waals surface area contributed by atoms with Crippen LogP contribution in [-0.4, -0.2) is 46.5 Å². The van der Waals surface area contributed by atoms with Gasteiger partial charge in [-0.3, -0.25) is 9.59 Å². The third kappa shape index (κ3) is 6.63. The molecule has 0 saturated heterocycles. The van der Waals surface area contributed by atoms with Crippen molar-refractivity contribution in [3.63, 3.8) is 0 Å². The van der Waals surface area contributed by atoms with Crippen LogP contribution < -0.4 is 29.7 Å². The lowest BCUT2D eigenvalue weighted by molar-refractivity contribution is -0.117. The lowest BCUT2D eigenvalue weighted by atomic mass is 10.1. The third-order valence-corrected chi connectivity index (χ3v) is 5.06. The average molecular weight is 490 g/mol. The maximum Gasteiger partial charge on any atom is 0.287 e. The molecule has 0 aromatic heterocycles. The van der Waals surface area contributed by atoms with E-state index in [0.29, 0.717) is 39.7 Å². The molecule has 9 heteroatoms. The molecule has 0 aliphatic rings. The molecule has 0 radical (unpaired) electrons. The normalized spacial score (nSPS) is 11.1. The quantitative estimate of drug-likeness (QED) is 0.256. The number of rotatable bonds is 10. The second-order valence-corrected chi connectivity index (χ2v) is 7.30. The molecule has 2 N–H and O–H groups in total. The van der Waals surface area contributed by atoms with E-state index in [2.05, 4.69) is 15.8 Å². The first-order valence-electron chi connectivity index (χ1n) is 10.8. The predicted octanol–water partition coefficient (Wildman–Crippen LogP) is 3.64. The summed E-state index contributed by atoms with van der Waals surface area (Å²) >= 11 is 0. The number of methoxy groups -OCH3 is 4. The van der Waals surface area contributed by atoms with Gasteiger partial charge in [0.2, 0.25) is 0 Å². The highest BCUT2D eigenvalue weighted by Gasteiger charge is 2.16. The smallest absolute Gasteiger partial charge is 0.287 e. The third-order valence-electron chi connectivity index (χ3n) is 5.06. The van der Waals surface area contributed by atoms with Crippen LogP contribution >= 0.6 is 0 Å². The zero-order valence-electron chi connectivity index (χ0n) is 20.4. The molecule has 0 unspecified atom stereocenters. The fraction of sp³-hybridized carbons (Fsp3) is 0.148. The van der Waals surface area contributed by atoms with Gasteiger partial charge in [-0.25, -0.2) is 5.43 Å². The molecule has 0 saturated carbocycles. The van der Waals surface area contributed by atoms with Gasteiger partial charge < -0.3 is 24.3 Å². The number of hydrogen-bond acceptors (Lipinski definition) is 7. The molecule has 186 valence electrons. The van der Waals surface area contributed by atoms with Crippen LogP contribution in [0.5, 0.6) is 23.0 Å². The van der Waals surface area contributed by atoms with Crippen molar-refractivity contribution < 1.29 is 28.5 Å². The van der Waals surface area contributed by atoms with E-state index >= 15 is 0 Å². The van der Waals surface area contributed by atoms with Crippen molar-refractivity contribution in [1.82, 2.24) is 10.7 Å². The molecule has 36 heavy (non-hydrogen) atoms. The van der Waals surface area contributed by atoms with E-state index in [0.717, 1.165) is 0 Å². The van der Waals surface area contributed by atoms with Crippen LogP contribution in [0.4, 0.5) is 0 Å². The summed E-state index contributed by atoms with van der Waals surface area (Å²) in [6.07, 6.45) is 2.95. The summed E-state index contributed by atoms with van der Waals surface area (Å²) in [6.45, 7) is 0. The number of ether oxygens (including phenoxy) is 4. The molecule has 0 heterocycles. The van der Waals surface area contributed by atoms with Crippen LogP contribution in [0.2, 0.25) is 0 Å². The van der Waals surface area contributed by atoms with Gasteiger partial charge in [-0.2, -0.15) is 5.10 Å². The van der Waals surface area contributed by atoms with Gasteiger partial charge in [-0.1, -0.05) is 18.2 Å². The number of carbonyl (C=O) groups is 2. The zero-order chi connectivity index (χ0) is 25.9. The van der Waals surface area contributed by atoms with Gasteiger partial charge in [-0.05, 0) is 54.1 Å². The Bertz CT molecular complexity index is 1270. The standard InChI is InChI=1S/C27H27N3O6/c1-33-21-12-11-20(24(16-21)35-3)15-22(29-26(31)19-8-6-5-7-9-19)27(32)30-28-17-18-10-13-23(34-2)25(14-18)36-4/h5-17H,1-4H3,(H,29,31)(H,30,32)/b22-15+,28-17-. The van der Waals surface area contributed by atoms with Crippen molar-refractivity contribution in [3.05, 3.63) is 89.1 Å². The van der Waals surface area contributed by atoms with Crippen molar-refractivity contribution >= 4 is 24.1 Å². The summed E-state index contributed by atoms with van der Waals surface area (Å²) in [6, 6.07) is 18.9. The molecule has 3 aromatic rings. The second kappa shape index (κ2) is 12.6. The number of hydrogen-bond donors (Lipinski definition) is 2. The van der Waals surface area contributed by atoms with Crippen LogP contribution in [0.25, 0.3) is 6.08 Å². The summed E-state index contributed by atoms with van der Waals surface area (Å²) in [7, 11) is 6.11. The second-order valence-electron chi connectivity index (χ2n) is 7.30. The van der Waals surface area contributed by atoms with Crippen molar-refractivity contribution in [2.45, 2.75) is 0 Å². The van der Waals surface area contributed by atoms with Gasteiger partial charge in [0.15, 0.2) is 11.5 Å². The maximum absolute atomic E-state index is 13.0. The molecule has 0 aliphatic heterocycles. The van der Waals surface area contributed by atoms with Gasteiger partial charge in [0.05, 0.1) is 34.7 Å². The number of carbonyl (C=O) groups excluding carboxylic acids is 2. The minimum Gasteiger partial charge on any atom is -0.497 e. The molecule has 3 aromatic carbocycles. The average Bonchev–Trinajstić information content (AvgIpc) is 2.92. The number of nitrogens with zero attached hydrogens (tertiary/aromatic N) is 1. The maximum atomic E-state index is 13.0. The Hall–Kier alpha value is -4.79. The van der Waals surface area contributed by atoms with E-state index in [1.54, 1.807) is 80.9 Å². The molecule has 9 nitrogen and oxygen atoms in total. The molecule has 0 aliphatic carbocycles. The molecule has 3 rings (SSSR count). The van der Waals surface area contributed by atoms with E-state index in [4.69, 9.17) is 18.9 Å². The Labute approximate surface area is 209 Å². The van der Waals surface area contributed by atoms with Crippen LogP contribution in [0.3, 0.4) is 0 Å². The zero-order valence-corrected chi connectivity index (χ0v) is 20.4. The topological polar surface area (TPSA) is 107 Å². The van der Waals surface area contributed by atoms with Gasteiger partial charge in [0, 0.05) is 17.2 Å². The number of benzene rings is 3.